The van der Waals surface area contributed by atoms with Crippen molar-refractivity contribution in [1.29, 1.82) is 0 Å². The molecule has 6 heteroatoms. The average Bonchev–Trinajstić information content (AvgIpc) is 2.73. The first kappa shape index (κ1) is 23.6. The van der Waals surface area contributed by atoms with Gasteiger partial charge in [0, 0.05) is 18.8 Å². The lowest BCUT2D eigenvalue weighted by Crippen LogP contribution is -2.41. The molecule has 0 radical (unpaired) electrons. The molecule has 0 saturated carbocycles. The smallest absolute Gasteiger partial charge is 0.238 e. The van der Waals surface area contributed by atoms with Crippen molar-refractivity contribution in [2.24, 2.45) is 0 Å². The molecule has 6 nitrogen and oxygen atoms in total. The Hall–Kier alpha value is -2.70. The maximum atomic E-state index is 12.4. The molecule has 0 atom stereocenters. The lowest BCUT2D eigenvalue weighted by molar-refractivity contribution is -0.123. The van der Waals surface area contributed by atoms with Crippen molar-refractivity contribution >= 4 is 17.5 Å². The van der Waals surface area contributed by atoms with Crippen molar-refractivity contribution in [3.05, 3.63) is 65.7 Å². The van der Waals surface area contributed by atoms with Crippen LogP contribution in [-0.2, 0) is 20.9 Å². The van der Waals surface area contributed by atoms with Gasteiger partial charge in [-0.25, -0.2) is 0 Å². The van der Waals surface area contributed by atoms with Gasteiger partial charge in [0.1, 0.15) is 0 Å². The summed E-state index contributed by atoms with van der Waals surface area (Å²) in [7, 11) is 0. The second-order valence-corrected chi connectivity index (χ2v) is 7.32. The van der Waals surface area contributed by atoms with Gasteiger partial charge in [0.25, 0.3) is 0 Å². The second-order valence-electron chi connectivity index (χ2n) is 7.32. The van der Waals surface area contributed by atoms with Gasteiger partial charge < -0.3 is 15.4 Å². The standard InChI is InChI=1S/C24H33N3O3/c1-3-15-27(18-24(29)26-22-13-8-7-10-20(22)2)17-23(28)25-14-9-16-30-19-21-11-5-4-6-12-21/h4-8,10-13H,3,9,14-19H2,1-2H3,(H,25,28)(H,26,29). The van der Waals surface area contributed by atoms with E-state index in [9.17, 15) is 9.59 Å². The summed E-state index contributed by atoms with van der Waals surface area (Å²) in [5.41, 5.74) is 2.96. The van der Waals surface area contributed by atoms with Crippen molar-refractivity contribution in [2.75, 3.05) is 38.1 Å². The van der Waals surface area contributed by atoms with Crippen LogP contribution in [0.2, 0.25) is 0 Å². The van der Waals surface area contributed by atoms with Crippen LogP contribution in [0.3, 0.4) is 0 Å². The molecular formula is C24H33N3O3. The van der Waals surface area contributed by atoms with Crippen LogP contribution in [-0.4, -0.2) is 49.5 Å². The van der Waals surface area contributed by atoms with E-state index in [1.165, 1.54) is 0 Å². The maximum Gasteiger partial charge on any atom is 0.238 e. The van der Waals surface area contributed by atoms with E-state index >= 15 is 0 Å². The molecule has 162 valence electrons. The van der Waals surface area contributed by atoms with Crippen LogP contribution in [0.5, 0.6) is 0 Å². The minimum absolute atomic E-state index is 0.0739. The van der Waals surface area contributed by atoms with Crippen molar-refractivity contribution < 1.29 is 14.3 Å². The summed E-state index contributed by atoms with van der Waals surface area (Å²) >= 11 is 0. The molecule has 2 N–H and O–H groups in total. The molecule has 0 aromatic heterocycles. The number of benzene rings is 2. The Balaban J connectivity index is 1.65. The van der Waals surface area contributed by atoms with E-state index in [2.05, 4.69) is 10.6 Å². The van der Waals surface area contributed by atoms with E-state index in [-0.39, 0.29) is 24.9 Å². The van der Waals surface area contributed by atoms with Gasteiger partial charge in [-0.2, -0.15) is 0 Å². The number of hydrogen-bond donors (Lipinski definition) is 2. The fourth-order valence-corrected chi connectivity index (χ4v) is 3.06. The third-order valence-electron chi connectivity index (χ3n) is 4.59. The number of ether oxygens (including phenoxy) is 1. The van der Waals surface area contributed by atoms with Crippen LogP contribution in [0.15, 0.2) is 54.6 Å². The summed E-state index contributed by atoms with van der Waals surface area (Å²) in [5.74, 6) is -0.185. The van der Waals surface area contributed by atoms with Gasteiger partial charge in [0.2, 0.25) is 11.8 Å². The minimum Gasteiger partial charge on any atom is -0.377 e. The van der Waals surface area contributed by atoms with Crippen molar-refractivity contribution in [3.8, 4) is 0 Å². The summed E-state index contributed by atoms with van der Waals surface area (Å²) in [4.78, 5) is 26.5. The summed E-state index contributed by atoms with van der Waals surface area (Å²) < 4.78 is 5.63. The number of para-hydroxylation sites is 1. The number of rotatable bonds is 13. The Kier molecular flexibility index (Phi) is 10.6. The molecule has 0 aliphatic carbocycles. The molecule has 0 spiro atoms. The SMILES string of the molecule is CCCN(CC(=O)NCCCOCc1ccccc1)CC(=O)Nc1ccccc1C. The molecule has 2 rings (SSSR count). The molecule has 2 amide bonds. The first-order valence-corrected chi connectivity index (χ1v) is 10.5. The highest BCUT2D eigenvalue weighted by atomic mass is 16.5. The average molecular weight is 412 g/mol. The van der Waals surface area contributed by atoms with Crippen LogP contribution in [0.1, 0.15) is 30.9 Å². The molecular weight excluding hydrogens is 378 g/mol. The third-order valence-corrected chi connectivity index (χ3v) is 4.59. The molecule has 2 aromatic rings. The molecule has 0 fully saturated rings. The predicted octanol–water partition coefficient (Wildman–Crippen LogP) is 3.37. The number of nitrogens with one attached hydrogen (secondary N) is 2. The zero-order chi connectivity index (χ0) is 21.6. The largest absolute Gasteiger partial charge is 0.377 e. The van der Waals surface area contributed by atoms with Gasteiger partial charge in [0.15, 0.2) is 0 Å². The van der Waals surface area contributed by atoms with Gasteiger partial charge in [-0.05, 0) is 43.5 Å². The second kappa shape index (κ2) is 13.5. The van der Waals surface area contributed by atoms with E-state index in [4.69, 9.17) is 4.74 Å². The van der Waals surface area contributed by atoms with E-state index in [0.717, 1.165) is 29.7 Å². The van der Waals surface area contributed by atoms with E-state index in [0.29, 0.717) is 26.3 Å². The van der Waals surface area contributed by atoms with Gasteiger partial charge >= 0.3 is 0 Å². The molecule has 0 unspecified atom stereocenters. The highest BCUT2D eigenvalue weighted by Crippen LogP contribution is 2.13. The lowest BCUT2D eigenvalue weighted by atomic mass is 10.2. The van der Waals surface area contributed by atoms with Crippen LogP contribution >= 0.6 is 0 Å². The number of amides is 2. The van der Waals surface area contributed by atoms with Crippen LogP contribution < -0.4 is 10.6 Å². The molecule has 2 aromatic carbocycles. The molecule has 0 saturated heterocycles. The highest BCUT2D eigenvalue weighted by molar-refractivity contribution is 5.93. The molecule has 0 aliphatic heterocycles. The Morgan fingerprint density at radius 3 is 2.40 bits per heavy atom. The van der Waals surface area contributed by atoms with Gasteiger partial charge in [0.05, 0.1) is 19.7 Å². The monoisotopic (exact) mass is 411 g/mol. The molecule has 0 heterocycles. The summed E-state index contributed by atoms with van der Waals surface area (Å²) in [5, 5.41) is 5.83. The first-order chi connectivity index (χ1) is 14.6. The van der Waals surface area contributed by atoms with Gasteiger partial charge in [-0.1, -0.05) is 55.5 Å². The topological polar surface area (TPSA) is 70.7 Å². The van der Waals surface area contributed by atoms with Crippen LogP contribution in [0.25, 0.3) is 0 Å². The van der Waals surface area contributed by atoms with E-state index < -0.39 is 0 Å². The van der Waals surface area contributed by atoms with Crippen LogP contribution in [0.4, 0.5) is 5.69 Å². The zero-order valence-corrected chi connectivity index (χ0v) is 18.0. The Bertz CT molecular complexity index is 780. The fraction of sp³-hybridized carbons (Fsp3) is 0.417. The number of carbonyl (C=O) groups is 2. The molecule has 0 bridgehead atoms. The van der Waals surface area contributed by atoms with Crippen molar-refractivity contribution in [1.82, 2.24) is 10.2 Å². The number of hydrogen-bond acceptors (Lipinski definition) is 4. The van der Waals surface area contributed by atoms with Crippen LogP contribution in [0, 0.1) is 6.92 Å². The Morgan fingerprint density at radius 2 is 1.67 bits per heavy atom. The quantitative estimate of drug-likeness (QED) is 0.496. The first-order valence-electron chi connectivity index (χ1n) is 10.5. The third kappa shape index (κ3) is 9.20. The fourth-order valence-electron chi connectivity index (χ4n) is 3.06. The molecule has 0 aliphatic rings. The Morgan fingerprint density at radius 1 is 0.967 bits per heavy atom. The summed E-state index contributed by atoms with van der Waals surface area (Å²) in [6.07, 6.45) is 1.62. The number of aryl methyl sites for hydroxylation is 1. The number of nitrogens with zero attached hydrogens (tertiary/aromatic N) is 1. The number of carbonyl (C=O) groups excluding carboxylic acids is 2. The minimum atomic E-state index is -0.111. The lowest BCUT2D eigenvalue weighted by Gasteiger charge is -2.21. The normalized spacial score (nSPS) is 10.8. The number of anilines is 1. The molecule has 30 heavy (non-hydrogen) atoms. The summed E-state index contributed by atoms with van der Waals surface area (Å²) in [6, 6.07) is 17.7. The van der Waals surface area contributed by atoms with Crippen molar-refractivity contribution in [2.45, 2.75) is 33.3 Å². The van der Waals surface area contributed by atoms with Gasteiger partial charge in [-0.15, -0.1) is 0 Å². The Labute approximate surface area is 179 Å². The zero-order valence-electron chi connectivity index (χ0n) is 18.0. The summed E-state index contributed by atoms with van der Waals surface area (Å²) in [6.45, 7) is 6.81. The maximum absolute atomic E-state index is 12.4. The van der Waals surface area contributed by atoms with Gasteiger partial charge in [-0.3, -0.25) is 14.5 Å². The van der Waals surface area contributed by atoms with Crippen molar-refractivity contribution in [3.63, 3.8) is 0 Å². The predicted molar refractivity (Wildman–Crippen MR) is 120 cm³/mol. The van der Waals surface area contributed by atoms with E-state index in [1.54, 1.807) is 0 Å². The highest BCUT2D eigenvalue weighted by Gasteiger charge is 2.14. The van der Waals surface area contributed by atoms with E-state index in [1.807, 2.05) is 73.3 Å².